The van der Waals surface area contributed by atoms with Gasteiger partial charge in [-0.3, -0.25) is 15.4 Å². The smallest absolute Gasteiger partial charge is 0.409 e. The number of nitro groups is 1. The highest BCUT2D eigenvalue weighted by Gasteiger charge is 2.07. The summed E-state index contributed by atoms with van der Waals surface area (Å²) in [5, 5.41) is 21.4. The Morgan fingerprint density at radius 2 is 1.90 bits per heavy atom. The molecule has 2 aromatic rings. The van der Waals surface area contributed by atoms with E-state index in [1.165, 1.54) is 24.3 Å². The Kier molecular flexibility index (Phi) is 4.03. The van der Waals surface area contributed by atoms with Crippen molar-refractivity contribution in [2.45, 2.75) is 6.92 Å². The molecule has 0 fully saturated rings. The van der Waals surface area contributed by atoms with Crippen LogP contribution in [0.3, 0.4) is 0 Å². The minimum absolute atomic E-state index is 0.0138. The van der Waals surface area contributed by atoms with Crippen LogP contribution in [0.15, 0.2) is 42.5 Å². The van der Waals surface area contributed by atoms with Crippen molar-refractivity contribution in [1.29, 1.82) is 0 Å². The number of anilines is 1. The van der Waals surface area contributed by atoms with Crippen LogP contribution in [-0.2, 0) is 0 Å². The van der Waals surface area contributed by atoms with Crippen molar-refractivity contribution >= 4 is 17.5 Å². The molecule has 0 aromatic heterocycles. The second-order valence-electron chi connectivity index (χ2n) is 4.26. The van der Waals surface area contributed by atoms with Gasteiger partial charge in [-0.15, -0.1) is 0 Å². The monoisotopic (exact) mass is 288 g/mol. The molecule has 1 amide bonds. The molecular weight excluding hydrogens is 276 g/mol. The highest BCUT2D eigenvalue weighted by Crippen LogP contribution is 2.28. The first-order valence-corrected chi connectivity index (χ1v) is 5.98. The van der Waals surface area contributed by atoms with Gasteiger partial charge in [-0.05, 0) is 42.8 Å². The number of ether oxygens (including phenoxy) is 1. The van der Waals surface area contributed by atoms with Crippen LogP contribution in [0.1, 0.15) is 5.56 Å². The van der Waals surface area contributed by atoms with E-state index < -0.39 is 11.0 Å². The maximum atomic E-state index is 10.6. The zero-order valence-electron chi connectivity index (χ0n) is 11.1. The number of nitrogens with one attached hydrogen (secondary N) is 1. The third-order valence-electron chi connectivity index (χ3n) is 2.70. The zero-order valence-corrected chi connectivity index (χ0v) is 11.1. The Hall–Kier alpha value is -3.09. The highest BCUT2D eigenvalue weighted by molar-refractivity contribution is 5.83. The number of nitrogens with zero attached hydrogens (tertiary/aromatic N) is 1. The lowest BCUT2D eigenvalue weighted by atomic mass is 10.2. The van der Waals surface area contributed by atoms with Gasteiger partial charge < -0.3 is 9.84 Å². The Balaban J connectivity index is 2.15. The molecule has 108 valence electrons. The number of amides is 1. The Bertz CT molecular complexity index is 682. The number of aryl methyl sites for hydroxylation is 1. The molecule has 21 heavy (non-hydrogen) atoms. The van der Waals surface area contributed by atoms with Gasteiger partial charge in [-0.2, -0.15) is 0 Å². The third kappa shape index (κ3) is 3.69. The van der Waals surface area contributed by atoms with Crippen molar-refractivity contribution in [2.24, 2.45) is 0 Å². The van der Waals surface area contributed by atoms with E-state index >= 15 is 0 Å². The van der Waals surface area contributed by atoms with E-state index in [0.29, 0.717) is 17.2 Å². The van der Waals surface area contributed by atoms with Gasteiger partial charge in [0.25, 0.3) is 5.69 Å². The van der Waals surface area contributed by atoms with E-state index in [-0.39, 0.29) is 5.69 Å². The molecule has 0 bridgehead atoms. The predicted octanol–water partition coefficient (Wildman–Crippen LogP) is 3.79. The molecule has 0 spiro atoms. The number of carboxylic acid groups (broad SMARTS) is 1. The summed E-state index contributed by atoms with van der Waals surface area (Å²) in [6.07, 6.45) is -1.14. The van der Waals surface area contributed by atoms with E-state index in [1.54, 1.807) is 25.1 Å². The molecule has 7 nitrogen and oxygen atoms in total. The van der Waals surface area contributed by atoms with Crippen LogP contribution in [0.5, 0.6) is 11.5 Å². The Morgan fingerprint density at radius 3 is 2.43 bits per heavy atom. The number of carbonyl (C=O) groups is 1. The van der Waals surface area contributed by atoms with Gasteiger partial charge in [-0.25, -0.2) is 4.79 Å². The number of hydrogen-bond acceptors (Lipinski definition) is 4. The average Bonchev–Trinajstić information content (AvgIpc) is 2.42. The maximum Gasteiger partial charge on any atom is 0.409 e. The van der Waals surface area contributed by atoms with E-state index in [9.17, 15) is 14.9 Å². The quantitative estimate of drug-likeness (QED) is 0.658. The lowest BCUT2D eigenvalue weighted by Crippen LogP contribution is -2.07. The molecule has 0 saturated carbocycles. The number of benzene rings is 2. The van der Waals surface area contributed by atoms with Crippen LogP contribution in [0.4, 0.5) is 16.2 Å². The van der Waals surface area contributed by atoms with Crippen LogP contribution in [0.25, 0.3) is 0 Å². The van der Waals surface area contributed by atoms with Gasteiger partial charge in [-0.1, -0.05) is 0 Å². The van der Waals surface area contributed by atoms with Crippen molar-refractivity contribution in [2.75, 3.05) is 5.32 Å². The molecule has 7 heteroatoms. The van der Waals surface area contributed by atoms with E-state index in [2.05, 4.69) is 5.32 Å². The van der Waals surface area contributed by atoms with Gasteiger partial charge in [0, 0.05) is 17.8 Å². The molecule has 2 aromatic carbocycles. The van der Waals surface area contributed by atoms with Crippen molar-refractivity contribution in [3.63, 3.8) is 0 Å². The summed E-state index contributed by atoms with van der Waals surface area (Å²) in [5.74, 6) is 1.00. The summed E-state index contributed by atoms with van der Waals surface area (Å²) in [6.45, 7) is 1.77. The van der Waals surface area contributed by atoms with Gasteiger partial charge in [0.15, 0.2) is 0 Å². The van der Waals surface area contributed by atoms with Gasteiger partial charge in [0.2, 0.25) is 0 Å². The number of non-ortho nitro benzene ring substituents is 1. The standard InChI is InChI=1S/C14H12N2O5/c1-9-8-10(15-14(17)18)2-7-13(9)21-12-5-3-11(4-6-12)16(19)20/h2-8,15H,1H3,(H,17,18). The summed E-state index contributed by atoms with van der Waals surface area (Å²) in [4.78, 5) is 20.6. The number of nitro benzene ring substituents is 1. The SMILES string of the molecule is Cc1cc(NC(=O)O)ccc1Oc1ccc([N+](=O)[O-])cc1. The number of hydrogen-bond donors (Lipinski definition) is 2. The van der Waals surface area contributed by atoms with E-state index in [0.717, 1.165) is 5.56 Å². The largest absolute Gasteiger partial charge is 0.465 e. The topological polar surface area (TPSA) is 102 Å². The van der Waals surface area contributed by atoms with Crippen molar-refractivity contribution in [1.82, 2.24) is 0 Å². The summed E-state index contributed by atoms with van der Waals surface area (Å²) >= 11 is 0. The minimum Gasteiger partial charge on any atom is -0.465 e. The molecule has 0 radical (unpaired) electrons. The van der Waals surface area contributed by atoms with Crippen LogP contribution in [0.2, 0.25) is 0 Å². The minimum atomic E-state index is -1.14. The molecule has 2 rings (SSSR count). The first kappa shape index (κ1) is 14.3. The third-order valence-corrected chi connectivity index (χ3v) is 2.70. The summed E-state index contributed by atoms with van der Waals surface area (Å²) < 4.78 is 5.61. The Labute approximate surface area is 119 Å². The average molecular weight is 288 g/mol. The van der Waals surface area contributed by atoms with Gasteiger partial charge >= 0.3 is 6.09 Å². The maximum absolute atomic E-state index is 10.6. The van der Waals surface area contributed by atoms with Crippen LogP contribution < -0.4 is 10.1 Å². The molecule has 0 unspecified atom stereocenters. The van der Waals surface area contributed by atoms with Crippen molar-refractivity contribution < 1.29 is 19.6 Å². The first-order valence-electron chi connectivity index (χ1n) is 5.98. The van der Waals surface area contributed by atoms with Gasteiger partial charge in [0.05, 0.1) is 4.92 Å². The van der Waals surface area contributed by atoms with Crippen LogP contribution in [0, 0.1) is 17.0 Å². The molecule has 0 saturated heterocycles. The molecule has 0 aliphatic heterocycles. The summed E-state index contributed by atoms with van der Waals surface area (Å²) in [6, 6.07) is 10.5. The number of rotatable bonds is 4. The molecule has 0 aliphatic rings. The summed E-state index contributed by atoms with van der Waals surface area (Å²) in [7, 11) is 0. The van der Waals surface area contributed by atoms with Crippen molar-refractivity contribution in [3.8, 4) is 11.5 Å². The van der Waals surface area contributed by atoms with Gasteiger partial charge in [0.1, 0.15) is 11.5 Å². The predicted molar refractivity (Wildman–Crippen MR) is 76.0 cm³/mol. The highest BCUT2D eigenvalue weighted by atomic mass is 16.6. The fourth-order valence-corrected chi connectivity index (χ4v) is 1.73. The normalized spacial score (nSPS) is 9.95. The fourth-order valence-electron chi connectivity index (χ4n) is 1.73. The lowest BCUT2D eigenvalue weighted by Gasteiger charge is -2.10. The molecule has 0 atom stereocenters. The molecular formula is C14H12N2O5. The molecule has 0 heterocycles. The fraction of sp³-hybridized carbons (Fsp3) is 0.0714. The second kappa shape index (κ2) is 5.91. The van der Waals surface area contributed by atoms with E-state index in [1.807, 2.05) is 0 Å². The lowest BCUT2D eigenvalue weighted by molar-refractivity contribution is -0.384. The first-order chi connectivity index (χ1) is 9.95. The zero-order chi connectivity index (χ0) is 15.4. The molecule has 2 N–H and O–H groups in total. The van der Waals surface area contributed by atoms with Crippen LogP contribution in [-0.4, -0.2) is 16.1 Å². The van der Waals surface area contributed by atoms with Crippen LogP contribution >= 0.6 is 0 Å². The summed E-state index contributed by atoms with van der Waals surface area (Å²) in [5.41, 5.74) is 1.16. The molecule has 0 aliphatic carbocycles. The Morgan fingerprint density at radius 1 is 1.24 bits per heavy atom. The van der Waals surface area contributed by atoms with E-state index in [4.69, 9.17) is 9.84 Å². The van der Waals surface area contributed by atoms with Crippen molar-refractivity contribution in [3.05, 3.63) is 58.1 Å². The second-order valence-corrected chi connectivity index (χ2v) is 4.26.